The third kappa shape index (κ3) is 3.24. The number of amides is 1. The lowest BCUT2D eigenvalue weighted by Gasteiger charge is -2.29. The Morgan fingerprint density at radius 3 is 2.77 bits per heavy atom. The lowest BCUT2D eigenvalue weighted by molar-refractivity contribution is -0.121. The van der Waals surface area contributed by atoms with Crippen LogP contribution in [0.4, 0.5) is 5.69 Å². The van der Waals surface area contributed by atoms with Crippen LogP contribution >= 0.6 is 11.3 Å². The molecule has 0 bridgehead atoms. The fourth-order valence-corrected chi connectivity index (χ4v) is 4.57. The Hall–Kier alpha value is -3.20. The van der Waals surface area contributed by atoms with E-state index in [9.17, 15) is 19.2 Å². The van der Waals surface area contributed by atoms with Crippen LogP contribution < -0.4 is 20.9 Å². The smallest absolute Gasteiger partial charge is 0.330 e. The molecule has 0 saturated carbocycles. The van der Waals surface area contributed by atoms with Gasteiger partial charge in [0.25, 0.3) is 11.5 Å². The molecule has 0 saturated heterocycles. The normalized spacial score (nSPS) is 14.5. The average Bonchev–Trinajstić information content (AvgIpc) is 3.09. The molecule has 0 spiro atoms. The monoisotopic (exact) mass is 427 g/mol. The van der Waals surface area contributed by atoms with Gasteiger partial charge in [-0.3, -0.25) is 19.4 Å². The first-order valence-corrected chi connectivity index (χ1v) is 10.5. The fourth-order valence-electron chi connectivity index (χ4n) is 3.68. The van der Waals surface area contributed by atoms with Gasteiger partial charge >= 0.3 is 5.69 Å². The molecule has 0 fully saturated rings. The largest absolute Gasteiger partial charge is 0.482 e. The summed E-state index contributed by atoms with van der Waals surface area (Å²) in [5, 5.41) is 0.385. The summed E-state index contributed by atoms with van der Waals surface area (Å²) in [6.07, 6.45) is 0.755. The van der Waals surface area contributed by atoms with Gasteiger partial charge in [0, 0.05) is 17.0 Å². The summed E-state index contributed by atoms with van der Waals surface area (Å²) in [7, 11) is 0. The molecule has 8 nitrogen and oxygen atoms in total. The number of hydrogen-bond acceptors (Lipinski definition) is 6. The Balaban J connectivity index is 1.76. The fraction of sp³-hybridized carbons (Fsp3) is 0.333. The summed E-state index contributed by atoms with van der Waals surface area (Å²) in [4.78, 5) is 56.5. The van der Waals surface area contributed by atoms with Gasteiger partial charge < -0.3 is 9.64 Å². The lowest BCUT2D eigenvalue weighted by atomic mass is 10.0. The van der Waals surface area contributed by atoms with Crippen molar-refractivity contribution in [1.82, 2.24) is 9.55 Å². The minimum Gasteiger partial charge on any atom is -0.482 e. The SMILES string of the molecule is CCCN1C(=O)COc2ccc(C(=O)C(C)n3c(=O)[nH]c4sc(C)cc4c3=O)cc21. The van der Waals surface area contributed by atoms with E-state index < -0.39 is 23.1 Å². The topological polar surface area (TPSA) is 101 Å². The van der Waals surface area contributed by atoms with E-state index in [4.69, 9.17) is 4.74 Å². The standard InChI is InChI=1S/C21H21N3O5S/c1-4-7-23-15-9-13(5-6-16(15)29-10-17(23)25)18(26)12(3)24-20(27)14-8-11(2)30-19(14)22-21(24)28/h5-6,8-9,12H,4,7,10H2,1-3H3,(H,22,28). The highest BCUT2D eigenvalue weighted by atomic mass is 32.1. The van der Waals surface area contributed by atoms with Gasteiger partial charge in [-0.15, -0.1) is 11.3 Å². The zero-order valence-electron chi connectivity index (χ0n) is 16.9. The molecule has 0 radical (unpaired) electrons. The number of nitrogens with one attached hydrogen (secondary N) is 1. The van der Waals surface area contributed by atoms with Crippen LogP contribution in [0.5, 0.6) is 5.75 Å². The van der Waals surface area contributed by atoms with Crippen LogP contribution in [0.25, 0.3) is 10.2 Å². The molecule has 1 aliphatic heterocycles. The van der Waals surface area contributed by atoms with Gasteiger partial charge in [-0.1, -0.05) is 6.92 Å². The minimum absolute atomic E-state index is 0.0401. The summed E-state index contributed by atoms with van der Waals surface area (Å²) in [6, 6.07) is 5.51. The second kappa shape index (κ2) is 7.56. The van der Waals surface area contributed by atoms with Crippen LogP contribution in [0.1, 0.15) is 41.5 Å². The highest BCUT2D eigenvalue weighted by Crippen LogP contribution is 2.34. The van der Waals surface area contributed by atoms with E-state index in [1.807, 2.05) is 13.8 Å². The Bertz CT molecular complexity index is 1290. The van der Waals surface area contributed by atoms with E-state index in [0.29, 0.717) is 33.8 Å². The van der Waals surface area contributed by atoms with Crippen molar-refractivity contribution in [2.24, 2.45) is 0 Å². The molecule has 1 atom stereocenters. The number of benzene rings is 1. The van der Waals surface area contributed by atoms with Gasteiger partial charge in [-0.25, -0.2) is 9.36 Å². The molecule has 4 rings (SSSR count). The first-order chi connectivity index (χ1) is 14.3. The highest BCUT2D eigenvalue weighted by Gasteiger charge is 2.28. The first-order valence-electron chi connectivity index (χ1n) is 9.68. The summed E-state index contributed by atoms with van der Waals surface area (Å²) in [6.45, 7) is 5.80. The molecule has 3 aromatic rings. The van der Waals surface area contributed by atoms with Gasteiger partial charge in [-0.05, 0) is 44.5 Å². The number of carbonyl (C=O) groups is 2. The van der Waals surface area contributed by atoms with E-state index in [1.54, 1.807) is 29.2 Å². The minimum atomic E-state index is -1.01. The molecule has 2 aromatic heterocycles. The molecule has 1 unspecified atom stereocenters. The number of nitrogens with zero attached hydrogens (tertiary/aromatic N) is 2. The van der Waals surface area contributed by atoms with Crippen LogP contribution in [-0.4, -0.2) is 34.4 Å². The number of aromatic amines is 1. The van der Waals surface area contributed by atoms with Crippen molar-refractivity contribution in [3.05, 3.63) is 55.5 Å². The van der Waals surface area contributed by atoms with Crippen molar-refractivity contribution in [2.75, 3.05) is 18.1 Å². The second-order valence-electron chi connectivity index (χ2n) is 7.26. The van der Waals surface area contributed by atoms with Crippen molar-refractivity contribution in [3.8, 4) is 5.75 Å². The summed E-state index contributed by atoms with van der Waals surface area (Å²) in [5.41, 5.74) is -0.299. The number of ether oxygens (including phenoxy) is 1. The van der Waals surface area contributed by atoms with E-state index in [0.717, 1.165) is 15.9 Å². The molecule has 0 aliphatic carbocycles. The van der Waals surface area contributed by atoms with Gasteiger partial charge in [0.2, 0.25) is 0 Å². The Morgan fingerprint density at radius 1 is 1.27 bits per heavy atom. The maximum atomic E-state index is 13.2. The number of hydrogen-bond donors (Lipinski definition) is 1. The molecule has 3 heterocycles. The van der Waals surface area contributed by atoms with Crippen molar-refractivity contribution in [2.45, 2.75) is 33.2 Å². The molecule has 1 aromatic carbocycles. The number of anilines is 1. The second-order valence-corrected chi connectivity index (χ2v) is 8.52. The number of ketones is 1. The average molecular weight is 427 g/mol. The quantitative estimate of drug-likeness (QED) is 0.631. The zero-order chi connectivity index (χ0) is 21.6. The third-order valence-electron chi connectivity index (χ3n) is 5.14. The zero-order valence-corrected chi connectivity index (χ0v) is 17.7. The number of aryl methyl sites for hydroxylation is 1. The highest BCUT2D eigenvalue weighted by molar-refractivity contribution is 7.18. The molecular formula is C21H21N3O5S. The number of carbonyl (C=O) groups excluding carboxylic acids is 2. The van der Waals surface area contributed by atoms with Gasteiger partial charge in [0.15, 0.2) is 12.4 Å². The van der Waals surface area contributed by atoms with E-state index >= 15 is 0 Å². The molecule has 9 heteroatoms. The predicted octanol–water partition coefficient (Wildman–Crippen LogP) is 2.64. The molecule has 156 valence electrons. The summed E-state index contributed by atoms with van der Waals surface area (Å²) >= 11 is 1.32. The van der Waals surface area contributed by atoms with E-state index in [1.165, 1.54) is 18.3 Å². The maximum Gasteiger partial charge on any atom is 0.330 e. The number of Topliss-reactive ketones (excluding diaryl/α,β-unsaturated/α-hetero) is 1. The molecule has 1 amide bonds. The summed E-state index contributed by atoms with van der Waals surface area (Å²) in [5.74, 6) is -0.0449. The van der Waals surface area contributed by atoms with Crippen LogP contribution in [0.3, 0.4) is 0 Å². The maximum absolute atomic E-state index is 13.2. The molecule has 30 heavy (non-hydrogen) atoms. The van der Waals surface area contributed by atoms with Crippen molar-refractivity contribution in [3.63, 3.8) is 0 Å². The number of rotatable bonds is 5. The molecule has 1 aliphatic rings. The van der Waals surface area contributed by atoms with Gasteiger partial charge in [0.05, 0.1) is 11.1 Å². The Labute approximate surface area is 175 Å². The van der Waals surface area contributed by atoms with Crippen molar-refractivity contribution < 1.29 is 14.3 Å². The summed E-state index contributed by atoms with van der Waals surface area (Å²) < 4.78 is 6.42. The lowest BCUT2D eigenvalue weighted by Crippen LogP contribution is -2.40. The van der Waals surface area contributed by atoms with Crippen LogP contribution in [-0.2, 0) is 4.79 Å². The van der Waals surface area contributed by atoms with Crippen LogP contribution in [0.2, 0.25) is 0 Å². The number of H-pyrrole nitrogens is 1. The van der Waals surface area contributed by atoms with Crippen molar-refractivity contribution in [1.29, 1.82) is 0 Å². The van der Waals surface area contributed by atoms with Crippen LogP contribution in [0, 0.1) is 6.92 Å². The number of aromatic nitrogens is 2. The van der Waals surface area contributed by atoms with Crippen LogP contribution in [0.15, 0.2) is 33.9 Å². The molecule has 1 N–H and O–H groups in total. The van der Waals surface area contributed by atoms with Crippen molar-refractivity contribution >= 4 is 38.9 Å². The predicted molar refractivity (Wildman–Crippen MR) is 115 cm³/mol. The van der Waals surface area contributed by atoms with Gasteiger partial charge in [-0.2, -0.15) is 0 Å². The number of fused-ring (bicyclic) bond motifs is 2. The first kappa shape index (κ1) is 20.1. The molecular weight excluding hydrogens is 406 g/mol. The third-order valence-corrected chi connectivity index (χ3v) is 6.11. The van der Waals surface area contributed by atoms with E-state index in [-0.39, 0.29) is 12.5 Å². The number of thiophene rings is 1. The van der Waals surface area contributed by atoms with E-state index in [2.05, 4.69) is 4.98 Å². The Morgan fingerprint density at radius 2 is 2.03 bits per heavy atom. The Kier molecular flexibility index (Phi) is 5.07. The van der Waals surface area contributed by atoms with Gasteiger partial charge in [0.1, 0.15) is 16.6 Å².